The molecule has 21 heavy (non-hydrogen) atoms. The summed E-state index contributed by atoms with van der Waals surface area (Å²) in [5, 5.41) is 17.0. The number of hydrogen-bond acceptors (Lipinski definition) is 5. The van der Waals surface area contributed by atoms with Gasteiger partial charge in [0.15, 0.2) is 5.82 Å². The standard InChI is InChI=1S/C15H25N3O3/c1-11-4-6-15(20,7-5-11)10-18(3)9-14(19)16-13-8-12(2)21-17-13/h8,11,20H,4-7,9-10H2,1-3H3,(H,16,17,19). The van der Waals surface area contributed by atoms with Crippen molar-refractivity contribution in [2.75, 3.05) is 25.5 Å². The van der Waals surface area contributed by atoms with Crippen molar-refractivity contribution in [3.63, 3.8) is 0 Å². The first kappa shape index (κ1) is 16.0. The highest BCUT2D eigenvalue weighted by Gasteiger charge is 2.33. The Morgan fingerprint density at radius 3 is 2.81 bits per heavy atom. The normalized spacial score (nSPS) is 26.0. The molecule has 1 amide bonds. The van der Waals surface area contributed by atoms with Crippen LogP contribution >= 0.6 is 0 Å². The number of carbonyl (C=O) groups is 1. The van der Waals surface area contributed by atoms with Gasteiger partial charge in [-0.05, 0) is 45.6 Å². The zero-order chi connectivity index (χ0) is 15.5. The van der Waals surface area contributed by atoms with Gasteiger partial charge in [-0.25, -0.2) is 0 Å². The van der Waals surface area contributed by atoms with Gasteiger partial charge in [0.1, 0.15) is 5.76 Å². The van der Waals surface area contributed by atoms with Crippen molar-refractivity contribution in [3.8, 4) is 0 Å². The van der Waals surface area contributed by atoms with Gasteiger partial charge < -0.3 is 14.9 Å². The second kappa shape index (κ2) is 6.58. The van der Waals surface area contributed by atoms with Gasteiger partial charge in [-0.3, -0.25) is 9.69 Å². The van der Waals surface area contributed by atoms with Crippen molar-refractivity contribution in [2.45, 2.75) is 45.1 Å². The van der Waals surface area contributed by atoms with E-state index in [9.17, 15) is 9.90 Å². The Kier molecular flexibility index (Phi) is 5.00. The molecule has 0 saturated heterocycles. The first-order chi connectivity index (χ1) is 9.86. The van der Waals surface area contributed by atoms with E-state index in [4.69, 9.17) is 4.52 Å². The summed E-state index contributed by atoms with van der Waals surface area (Å²) in [7, 11) is 1.85. The first-order valence-corrected chi connectivity index (χ1v) is 7.50. The van der Waals surface area contributed by atoms with Crippen molar-refractivity contribution < 1.29 is 14.4 Å². The van der Waals surface area contributed by atoms with Crippen LogP contribution in [0.2, 0.25) is 0 Å². The Bertz CT molecular complexity index is 478. The predicted octanol–water partition coefficient (Wildman–Crippen LogP) is 1.79. The minimum Gasteiger partial charge on any atom is -0.389 e. The number of amides is 1. The van der Waals surface area contributed by atoms with Crippen LogP contribution in [0.4, 0.5) is 5.82 Å². The summed E-state index contributed by atoms with van der Waals surface area (Å²) in [5.74, 6) is 1.62. The molecular formula is C15H25N3O3. The largest absolute Gasteiger partial charge is 0.389 e. The molecule has 1 heterocycles. The van der Waals surface area contributed by atoms with Gasteiger partial charge >= 0.3 is 0 Å². The summed E-state index contributed by atoms with van der Waals surface area (Å²) < 4.78 is 4.90. The summed E-state index contributed by atoms with van der Waals surface area (Å²) in [6.07, 6.45) is 3.72. The van der Waals surface area contributed by atoms with Gasteiger partial charge in [0.2, 0.25) is 5.91 Å². The Hall–Kier alpha value is -1.40. The third-order valence-electron chi connectivity index (χ3n) is 4.08. The van der Waals surface area contributed by atoms with Crippen molar-refractivity contribution in [2.24, 2.45) is 5.92 Å². The zero-order valence-corrected chi connectivity index (χ0v) is 13.1. The summed E-state index contributed by atoms with van der Waals surface area (Å²) in [5.41, 5.74) is -0.661. The Balaban J connectivity index is 1.78. The Labute approximate surface area is 125 Å². The Morgan fingerprint density at radius 1 is 1.57 bits per heavy atom. The van der Waals surface area contributed by atoms with Crippen LogP contribution in [0.15, 0.2) is 10.6 Å². The molecule has 1 aromatic rings. The minimum absolute atomic E-state index is 0.154. The number of rotatable bonds is 5. The van der Waals surface area contributed by atoms with Gasteiger partial charge in [0.25, 0.3) is 0 Å². The molecule has 6 heteroatoms. The number of aryl methyl sites for hydroxylation is 1. The van der Waals surface area contributed by atoms with Gasteiger partial charge in [0.05, 0.1) is 12.1 Å². The molecule has 0 unspecified atom stereocenters. The van der Waals surface area contributed by atoms with E-state index in [0.29, 0.717) is 24.0 Å². The Morgan fingerprint density at radius 2 is 2.24 bits per heavy atom. The van der Waals surface area contributed by atoms with Crippen LogP contribution in [0.5, 0.6) is 0 Å². The molecule has 1 aliphatic rings. The summed E-state index contributed by atoms with van der Waals surface area (Å²) in [4.78, 5) is 13.8. The second-order valence-electron chi connectivity index (χ2n) is 6.45. The molecule has 0 aliphatic heterocycles. The van der Waals surface area contributed by atoms with Crippen LogP contribution in [-0.4, -0.2) is 46.8 Å². The number of nitrogens with one attached hydrogen (secondary N) is 1. The fourth-order valence-corrected chi connectivity index (χ4v) is 2.87. The van der Waals surface area contributed by atoms with Gasteiger partial charge in [0, 0.05) is 12.6 Å². The van der Waals surface area contributed by atoms with Crippen molar-refractivity contribution in [1.29, 1.82) is 0 Å². The molecule has 6 nitrogen and oxygen atoms in total. The number of anilines is 1. The highest BCUT2D eigenvalue weighted by molar-refractivity contribution is 5.91. The van der Waals surface area contributed by atoms with Gasteiger partial charge in [-0.15, -0.1) is 0 Å². The lowest BCUT2D eigenvalue weighted by atomic mass is 9.79. The van der Waals surface area contributed by atoms with Crippen LogP contribution in [0, 0.1) is 12.8 Å². The number of likely N-dealkylation sites (N-methyl/N-ethyl adjacent to an activating group) is 1. The third-order valence-corrected chi connectivity index (χ3v) is 4.08. The highest BCUT2D eigenvalue weighted by atomic mass is 16.5. The molecule has 0 atom stereocenters. The van der Waals surface area contributed by atoms with E-state index < -0.39 is 5.60 Å². The molecule has 0 aromatic carbocycles. The lowest BCUT2D eigenvalue weighted by Gasteiger charge is -2.37. The molecule has 1 aromatic heterocycles. The van der Waals surface area contributed by atoms with Crippen LogP contribution in [0.1, 0.15) is 38.4 Å². The number of aliphatic hydroxyl groups is 1. The number of aromatic nitrogens is 1. The van der Waals surface area contributed by atoms with E-state index in [1.807, 2.05) is 11.9 Å². The van der Waals surface area contributed by atoms with E-state index in [0.717, 1.165) is 25.7 Å². The maximum absolute atomic E-state index is 11.9. The molecule has 2 N–H and O–H groups in total. The monoisotopic (exact) mass is 295 g/mol. The molecule has 2 rings (SSSR count). The molecule has 0 bridgehead atoms. The van der Waals surface area contributed by atoms with Crippen LogP contribution in [0.25, 0.3) is 0 Å². The average molecular weight is 295 g/mol. The van der Waals surface area contributed by atoms with Gasteiger partial charge in [-0.2, -0.15) is 0 Å². The molecular weight excluding hydrogens is 270 g/mol. The smallest absolute Gasteiger partial charge is 0.239 e. The zero-order valence-electron chi connectivity index (χ0n) is 13.1. The number of nitrogens with zero attached hydrogens (tertiary/aromatic N) is 2. The minimum atomic E-state index is -0.661. The first-order valence-electron chi connectivity index (χ1n) is 7.50. The second-order valence-corrected chi connectivity index (χ2v) is 6.45. The van der Waals surface area contributed by atoms with Crippen molar-refractivity contribution in [1.82, 2.24) is 10.1 Å². The average Bonchev–Trinajstić information content (AvgIpc) is 2.78. The maximum Gasteiger partial charge on any atom is 0.239 e. The van der Waals surface area contributed by atoms with Gasteiger partial charge in [-0.1, -0.05) is 12.1 Å². The number of carbonyl (C=O) groups excluding carboxylic acids is 1. The van der Waals surface area contributed by atoms with Crippen LogP contribution < -0.4 is 5.32 Å². The lowest BCUT2D eigenvalue weighted by molar-refractivity contribution is -0.118. The molecule has 1 fully saturated rings. The SMILES string of the molecule is Cc1cc(NC(=O)CN(C)CC2(O)CCC(C)CC2)no1. The fourth-order valence-electron chi connectivity index (χ4n) is 2.87. The molecule has 0 radical (unpaired) electrons. The van der Waals surface area contributed by atoms with Crippen LogP contribution in [0.3, 0.4) is 0 Å². The van der Waals surface area contributed by atoms with Crippen molar-refractivity contribution in [3.05, 3.63) is 11.8 Å². The maximum atomic E-state index is 11.9. The van der Waals surface area contributed by atoms with E-state index in [-0.39, 0.29) is 12.5 Å². The number of hydrogen-bond donors (Lipinski definition) is 2. The van der Waals surface area contributed by atoms with E-state index >= 15 is 0 Å². The third kappa shape index (κ3) is 4.82. The van der Waals surface area contributed by atoms with E-state index in [2.05, 4.69) is 17.4 Å². The van der Waals surface area contributed by atoms with Crippen molar-refractivity contribution >= 4 is 11.7 Å². The van der Waals surface area contributed by atoms with Crippen LogP contribution in [-0.2, 0) is 4.79 Å². The summed E-state index contributed by atoms with van der Waals surface area (Å²) in [6, 6.07) is 1.67. The van der Waals surface area contributed by atoms with E-state index in [1.165, 1.54) is 0 Å². The quantitative estimate of drug-likeness (QED) is 0.866. The highest BCUT2D eigenvalue weighted by Crippen LogP contribution is 2.32. The molecule has 1 aliphatic carbocycles. The fraction of sp³-hybridized carbons (Fsp3) is 0.733. The predicted molar refractivity (Wildman–Crippen MR) is 79.9 cm³/mol. The molecule has 118 valence electrons. The molecule has 1 saturated carbocycles. The van der Waals surface area contributed by atoms with E-state index in [1.54, 1.807) is 13.0 Å². The summed E-state index contributed by atoms with van der Waals surface area (Å²) >= 11 is 0. The molecule has 0 spiro atoms. The lowest BCUT2D eigenvalue weighted by Crippen LogP contribution is -2.46. The topological polar surface area (TPSA) is 78.6 Å². The summed E-state index contributed by atoms with van der Waals surface area (Å²) in [6.45, 7) is 4.74.